The minimum atomic E-state index is -2.07. The van der Waals surface area contributed by atoms with E-state index in [1.165, 1.54) is 0 Å². The highest BCUT2D eigenvalue weighted by Crippen LogP contribution is 2.15. The van der Waals surface area contributed by atoms with Crippen molar-refractivity contribution in [2.75, 3.05) is 20.8 Å². The van der Waals surface area contributed by atoms with Gasteiger partial charge in [-0.15, -0.1) is 6.58 Å². The van der Waals surface area contributed by atoms with E-state index >= 15 is 0 Å². The van der Waals surface area contributed by atoms with Gasteiger partial charge < -0.3 is 18.7 Å². The molecule has 0 aromatic carbocycles. The monoisotopic (exact) mass is 220 g/mol. The van der Waals surface area contributed by atoms with E-state index in [2.05, 4.69) is 6.58 Å². The lowest BCUT2D eigenvalue weighted by Crippen LogP contribution is -2.37. The quantitative estimate of drug-likeness (QED) is 0.380. The second kappa shape index (κ2) is 7.14. The van der Waals surface area contributed by atoms with Gasteiger partial charge in [-0.3, -0.25) is 0 Å². The summed E-state index contributed by atoms with van der Waals surface area (Å²) in [4.78, 5) is 0. The van der Waals surface area contributed by atoms with Gasteiger partial charge in [0.1, 0.15) is 0 Å². The van der Waals surface area contributed by atoms with Gasteiger partial charge in [0.15, 0.2) is 6.29 Å². The highest BCUT2D eigenvalue weighted by molar-refractivity contribution is 6.65. The molecule has 0 radical (unpaired) electrons. The molecule has 0 rings (SSSR count). The van der Waals surface area contributed by atoms with Crippen LogP contribution in [0.15, 0.2) is 12.7 Å². The molecule has 0 aromatic rings. The molecule has 0 aliphatic rings. The van der Waals surface area contributed by atoms with Gasteiger partial charge in [-0.1, -0.05) is 6.08 Å². The Morgan fingerprint density at radius 2 is 2.00 bits per heavy atom. The second-order valence-electron chi connectivity index (χ2n) is 3.16. The van der Waals surface area contributed by atoms with Crippen molar-refractivity contribution in [1.82, 2.24) is 0 Å². The first-order valence-electron chi connectivity index (χ1n) is 4.59. The van der Waals surface area contributed by atoms with E-state index in [-0.39, 0.29) is 0 Å². The topological polar surface area (TPSA) is 47.9 Å². The summed E-state index contributed by atoms with van der Waals surface area (Å²) in [6.45, 7) is 5.81. The molecular weight excluding hydrogens is 200 g/mol. The maximum absolute atomic E-state index is 9.38. The smallest absolute Gasteiger partial charge is 0.334 e. The van der Waals surface area contributed by atoms with E-state index < -0.39 is 14.9 Å². The summed E-state index contributed by atoms with van der Waals surface area (Å²) in [5.74, 6) is 0. The highest BCUT2D eigenvalue weighted by Gasteiger charge is 2.29. The van der Waals surface area contributed by atoms with E-state index in [1.807, 2.05) is 6.55 Å². The molecule has 0 saturated carbocycles. The minimum absolute atomic E-state index is 0.361. The summed E-state index contributed by atoms with van der Waals surface area (Å²) in [7, 11) is 1.20. The summed E-state index contributed by atoms with van der Waals surface area (Å²) in [5.41, 5.74) is 0. The first kappa shape index (κ1) is 13.8. The molecule has 4 nitrogen and oxygen atoms in total. The molecule has 14 heavy (non-hydrogen) atoms. The largest absolute Gasteiger partial charge is 0.398 e. The van der Waals surface area contributed by atoms with Gasteiger partial charge >= 0.3 is 8.56 Å². The van der Waals surface area contributed by atoms with Gasteiger partial charge in [-0.05, 0) is 12.6 Å². The third-order valence-electron chi connectivity index (χ3n) is 2.12. The Morgan fingerprint density at radius 3 is 2.43 bits per heavy atom. The molecule has 1 unspecified atom stereocenters. The lowest BCUT2D eigenvalue weighted by molar-refractivity contribution is -0.0906. The summed E-state index contributed by atoms with van der Waals surface area (Å²) < 4.78 is 15.6. The molecule has 5 heteroatoms. The number of ether oxygens (including phenoxy) is 1. The molecule has 0 aromatic heterocycles. The Morgan fingerprint density at radius 1 is 1.43 bits per heavy atom. The average molecular weight is 220 g/mol. The maximum atomic E-state index is 9.38. The van der Waals surface area contributed by atoms with Crippen molar-refractivity contribution in [2.24, 2.45) is 0 Å². The summed E-state index contributed by atoms with van der Waals surface area (Å²) >= 11 is 0. The van der Waals surface area contributed by atoms with Crippen LogP contribution in [0.5, 0.6) is 0 Å². The van der Waals surface area contributed by atoms with Gasteiger partial charge in [0, 0.05) is 20.6 Å². The van der Waals surface area contributed by atoms with Gasteiger partial charge in [0.25, 0.3) is 0 Å². The molecule has 0 saturated heterocycles. The summed E-state index contributed by atoms with van der Waals surface area (Å²) in [6, 6.07) is 0.707. The van der Waals surface area contributed by atoms with Crippen LogP contribution >= 0.6 is 0 Å². The first-order valence-corrected chi connectivity index (χ1v) is 7.11. The van der Waals surface area contributed by atoms with Crippen molar-refractivity contribution in [3.63, 3.8) is 0 Å². The van der Waals surface area contributed by atoms with Crippen LogP contribution in [0.2, 0.25) is 12.6 Å². The lowest BCUT2D eigenvalue weighted by Gasteiger charge is -2.23. The molecule has 1 atom stereocenters. The number of hydrogen-bond donors (Lipinski definition) is 1. The minimum Gasteiger partial charge on any atom is -0.398 e. The Balaban J connectivity index is 3.73. The molecule has 1 N–H and O–H groups in total. The van der Waals surface area contributed by atoms with Crippen molar-refractivity contribution in [3.05, 3.63) is 12.7 Å². The molecule has 0 fully saturated rings. The third kappa shape index (κ3) is 5.51. The Kier molecular flexibility index (Phi) is 7.03. The number of aliphatic hydroxyl groups is 1. The van der Waals surface area contributed by atoms with Crippen molar-refractivity contribution >= 4 is 8.56 Å². The summed E-state index contributed by atoms with van der Waals surface area (Å²) in [6.07, 6.45) is 1.37. The van der Waals surface area contributed by atoms with Gasteiger partial charge in [-0.25, -0.2) is 0 Å². The van der Waals surface area contributed by atoms with Crippen LogP contribution in [0.1, 0.15) is 6.42 Å². The predicted octanol–water partition coefficient (Wildman–Crippen LogP) is 1.26. The predicted molar refractivity (Wildman–Crippen MR) is 57.2 cm³/mol. The van der Waals surface area contributed by atoms with Crippen LogP contribution in [0.3, 0.4) is 0 Å². The number of hydrogen-bond acceptors (Lipinski definition) is 4. The Labute approximate surface area is 86.7 Å². The van der Waals surface area contributed by atoms with Crippen molar-refractivity contribution in [1.29, 1.82) is 0 Å². The summed E-state index contributed by atoms with van der Waals surface area (Å²) in [5, 5.41) is 9.38. The fourth-order valence-corrected chi connectivity index (χ4v) is 2.28. The zero-order valence-corrected chi connectivity index (χ0v) is 10.2. The first-order chi connectivity index (χ1) is 6.58. The lowest BCUT2D eigenvalue weighted by atomic mass is 10.5. The van der Waals surface area contributed by atoms with Crippen LogP contribution < -0.4 is 0 Å². The van der Waals surface area contributed by atoms with Crippen LogP contribution in [0.4, 0.5) is 0 Å². The zero-order valence-electron chi connectivity index (χ0n) is 9.16. The van der Waals surface area contributed by atoms with Crippen molar-refractivity contribution in [3.8, 4) is 0 Å². The van der Waals surface area contributed by atoms with Gasteiger partial charge in [0.05, 0.1) is 6.61 Å². The molecule has 0 aliphatic carbocycles. The second-order valence-corrected chi connectivity index (χ2v) is 6.74. The SMILES string of the molecule is C=CCOC(O)CC[Si](C)(OC)OC. The molecule has 0 bridgehead atoms. The van der Waals surface area contributed by atoms with Crippen molar-refractivity contribution < 1.29 is 18.7 Å². The average Bonchev–Trinajstić information content (AvgIpc) is 2.23. The highest BCUT2D eigenvalue weighted by atomic mass is 28.4. The van der Waals surface area contributed by atoms with E-state index in [0.29, 0.717) is 19.1 Å². The molecule has 0 aliphatic heterocycles. The number of rotatable bonds is 8. The van der Waals surface area contributed by atoms with E-state index in [4.69, 9.17) is 13.6 Å². The zero-order chi connectivity index (χ0) is 11.0. The normalized spacial score (nSPS) is 14.0. The van der Waals surface area contributed by atoms with Gasteiger partial charge in [0.2, 0.25) is 0 Å². The molecule has 0 amide bonds. The van der Waals surface area contributed by atoms with E-state index in [1.54, 1.807) is 20.3 Å². The molecule has 84 valence electrons. The standard InChI is InChI=1S/C9H20O4Si/c1-5-7-13-9(10)6-8-14(4,11-2)12-3/h5,9-10H,1,6-8H2,2-4H3. The fourth-order valence-electron chi connectivity index (χ4n) is 0.936. The Hall–Kier alpha value is -0.203. The molecule has 0 heterocycles. The third-order valence-corrected chi connectivity index (χ3v) is 5.04. The van der Waals surface area contributed by atoms with Crippen LogP contribution in [0.25, 0.3) is 0 Å². The van der Waals surface area contributed by atoms with E-state index in [0.717, 1.165) is 0 Å². The molecule has 0 spiro atoms. The van der Waals surface area contributed by atoms with Gasteiger partial charge in [-0.2, -0.15) is 0 Å². The van der Waals surface area contributed by atoms with Crippen LogP contribution in [-0.2, 0) is 13.6 Å². The van der Waals surface area contributed by atoms with Crippen molar-refractivity contribution in [2.45, 2.75) is 25.3 Å². The fraction of sp³-hybridized carbons (Fsp3) is 0.778. The maximum Gasteiger partial charge on any atom is 0.334 e. The van der Waals surface area contributed by atoms with Crippen LogP contribution in [0, 0.1) is 0 Å². The molecular formula is C9H20O4Si. The van der Waals surface area contributed by atoms with E-state index in [9.17, 15) is 5.11 Å². The Bertz CT molecular complexity index is 159. The number of aliphatic hydroxyl groups excluding tert-OH is 1. The van der Waals surface area contributed by atoms with Crippen LogP contribution in [-0.4, -0.2) is 40.8 Å².